The number of carbonyl (C=O) groups is 1. The molecule has 1 amide bonds. The Balaban J connectivity index is 1.34. The van der Waals surface area contributed by atoms with Crippen molar-refractivity contribution in [3.05, 3.63) is 58.1 Å². The first-order valence-corrected chi connectivity index (χ1v) is 9.46. The minimum absolute atomic E-state index is 0.0250. The van der Waals surface area contributed by atoms with Gasteiger partial charge in [-0.15, -0.1) is 0 Å². The zero-order valence-corrected chi connectivity index (χ0v) is 14.6. The first-order chi connectivity index (χ1) is 12.3. The predicted octanol–water partition coefficient (Wildman–Crippen LogP) is 3.92. The number of thiophene rings is 1. The molecule has 1 N–H and O–H groups in total. The molecule has 0 radical (unpaired) electrons. The van der Waals surface area contributed by atoms with Crippen molar-refractivity contribution in [1.82, 2.24) is 15.5 Å². The van der Waals surface area contributed by atoms with E-state index in [4.69, 9.17) is 4.52 Å². The molecule has 3 aromatic rings. The minimum Gasteiger partial charge on any atom is -0.349 e. The highest BCUT2D eigenvalue weighted by molar-refractivity contribution is 7.08. The number of aromatic nitrogens is 2. The number of nitrogens with one attached hydrogen (secondary N) is 1. The average Bonchev–Trinajstić information content (AvgIpc) is 3.32. The minimum atomic E-state index is 0.0250. The van der Waals surface area contributed by atoms with Crippen LogP contribution in [0.2, 0.25) is 0 Å². The van der Waals surface area contributed by atoms with Gasteiger partial charge in [0.05, 0.1) is 6.04 Å². The van der Waals surface area contributed by atoms with Crippen molar-refractivity contribution in [2.75, 3.05) is 0 Å². The van der Waals surface area contributed by atoms with Crippen LogP contribution >= 0.6 is 11.3 Å². The van der Waals surface area contributed by atoms with Gasteiger partial charge in [0.1, 0.15) is 0 Å². The molecule has 128 valence electrons. The fourth-order valence-electron chi connectivity index (χ4n) is 3.26. The molecule has 5 nitrogen and oxygen atoms in total. The Morgan fingerprint density at radius 3 is 3.12 bits per heavy atom. The lowest BCUT2D eigenvalue weighted by atomic mass is 9.87. The molecular weight excluding hydrogens is 334 g/mol. The largest absolute Gasteiger partial charge is 0.349 e. The second-order valence-corrected chi connectivity index (χ2v) is 7.01. The van der Waals surface area contributed by atoms with Gasteiger partial charge >= 0.3 is 0 Å². The van der Waals surface area contributed by atoms with Gasteiger partial charge in [-0.1, -0.05) is 29.4 Å². The van der Waals surface area contributed by atoms with Crippen LogP contribution in [0.4, 0.5) is 0 Å². The molecule has 0 bridgehead atoms. The molecule has 4 rings (SSSR count). The molecule has 2 aromatic heterocycles. The Bertz CT molecular complexity index is 857. The number of nitrogens with zero attached hydrogens (tertiary/aromatic N) is 2. The van der Waals surface area contributed by atoms with Crippen molar-refractivity contribution in [1.29, 1.82) is 0 Å². The van der Waals surface area contributed by atoms with Crippen molar-refractivity contribution >= 4 is 17.2 Å². The zero-order valence-electron chi connectivity index (χ0n) is 13.8. The Hall–Kier alpha value is -2.47. The van der Waals surface area contributed by atoms with Gasteiger partial charge in [-0.05, 0) is 41.8 Å². The number of hydrogen-bond acceptors (Lipinski definition) is 5. The van der Waals surface area contributed by atoms with Crippen LogP contribution in [0.3, 0.4) is 0 Å². The molecular formula is C19H19N3O2S. The summed E-state index contributed by atoms with van der Waals surface area (Å²) < 4.78 is 5.25. The molecule has 1 atom stereocenters. The maximum atomic E-state index is 12.3. The predicted molar refractivity (Wildman–Crippen MR) is 96.2 cm³/mol. The zero-order chi connectivity index (χ0) is 17.1. The lowest BCUT2D eigenvalue weighted by molar-refractivity contribution is -0.122. The van der Waals surface area contributed by atoms with E-state index >= 15 is 0 Å². The summed E-state index contributed by atoms with van der Waals surface area (Å²) in [6, 6.07) is 10.4. The molecule has 0 aliphatic heterocycles. The van der Waals surface area contributed by atoms with Crippen LogP contribution in [0, 0.1) is 0 Å². The van der Waals surface area contributed by atoms with Gasteiger partial charge in [-0.25, -0.2) is 0 Å². The summed E-state index contributed by atoms with van der Waals surface area (Å²) in [5.41, 5.74) is 3.54. The van der Waals surface area contributed by atoms with Crippen molar-refractivity contribution in [3.63, 3.8) is 0 Å². The van der Waals surface area contributed by atoms with Gasteiger partial charge in [0, 0.05) is 23.8 Å². The molecule has 2 heterocycles. The summed E-state index contributed by atoms with van der Waals surface area (Å²) in [6.45, 7) is 0. The van der Waals surface area contributed by atoms with Crippen molar-refractivity contribution in [2.24, 2.45) is 0 Å². The molecule has 25 heavy (non-hydrogen) atoms. The Morgan fingerprint density at radius 1 is 1.32 bits per heavy atom. The summed E-state index contributed by atoms with van der Waals surface area (Å²) in [5.74, 6) is 1.11. The van der Waals surface area contributed by atoms with Gasteiger partial charge in [-0.2, -0.15) is 16.3 Å². The lowest BCUT2D eigenvalue weighted by Gasteiger charge is -2.26. The van der Waals surface area contributed by atoms with Crippen molar-refractivity contribution in [2.45, 2.75) is 38.1 Å². The number of amides is 1. The topological polar surface area (TPSA) is 68.0 Å². The van der Waals surface area contributed by atoms with E-state index in [0.717, 1.165) is 24.8 Å². The number of rotatable bonds is 5. The van der Waals surface area contributed by atoms with E-state index in [9.17, 15) is 4.79 Å². The molecule has 6 heteroatoms. The summed E-state index contributed by atoms with van der Waals surface area (Å²) in [4.78, 5) is 16.7. The fourth-order valence-corrected chi connectivity index (χ4v) is 3.89. The van der Waals surface area contributed by atoms with Crippen LogP contribution < -0.4 is 5.32 Å². The summed E-state index contributed by atoms with van der Waals surface area (Å²) in [5, 5.41) is 11.1. The third-order valence-corrected chi connectivity index (χ3v) is 5.20. The lowest BCUT2D eigenvalue weighted by Crippen LogP contribution is -2.31. The quantitative estimate of drug-likeness (QED) is 0.755. The number of fused-ring (bicyclic) bond motifs is 1. The summed E-state index contributed by atoms with van der Waals surface area (Å²) >= 11 is 1.59. The highest BCUT2D eigenvalue weighted by atomic mass is 32.1. The molecule has 1 aromatic carbocycles. The van der Waals surface area contributed by atoms with Crippen LogP contribution in [0.15, 0.2) is 45.6 Å². The highest BCUT2D eigenvalue weighted by Gasteiger charge is 2.21. The van der Waals surface area contributed by atoms with Crippen LogP contribution in [-0.2, 0) is 17.6 Å². The second kappa shape index (κ2) is 7.19. The van der Waals surface area contributed by atoms with E-state index in [1.807, 2.05) is 22.9 Å². The first kappa shape index (κ1) is 16.0. The van der Waals surface area contributed by atoms with E-state index in [0.29, 0.717) is 24.6 Å². The maximum Gasteiger partial charge on any atom is 0.227 e. The number of hydrogen-bond donors (Lipinski definition) is 1. The SMILES string of the molecule is O=C(CCc1nc(-c2ccsc2)no1)N[C@H]1CCCc2ccccc21. The van der Waals surface area contributed by atoms with Crippen LogP contribution in [0.25, 0.3) is 11.4 Å². The van der Waals surface area contributed by atoms with Crippen LogP contribution in [0.1, 0.15) is 42.3 Å². The van der Waals surface area contributed by atoms with E-state index in [1.54, 1.807) is 11.3 Å². The Labute approximate surface area is 150 Å². The van der Waals surface area contributed by atoms with E-state index in [2.05, 4.69) is 33.7 Å². The molecule has 0 unspecified atom stereocenters. The van der Waals surface area contributed by atoms with Crippen molar-refractivity contribution in [3.8, 4) is 11.4 Å². The normalized spacial score (nSPS) is 16.4. The summed E-state index contributed by atoms with van der Waals surface area (Å²) in [6.07, 6.45) is 4.00. The van der Waals surface area contributed by atoms with Gasteiger partial charge in [0.25, 0.3) is 0 Å². The highest BCUT2D eigenvalue weighted by Crippen LogP contribution is 2.29. The first-order valence-electron chi connectivity index (χ1n) is 8.52. The third kappa shape index (κ3) is 3.64. The second-order valence-electron chi connectivity index (χ2n) is 6.23. The number of aryl methyl sites for hydroxylation is 2. The third-order valence-electron chi connectivity index (χ3n) is 4.52. The van der Waals surface area contributed by atoms with E-state index < -0.39 is 0 Å². The Kier molecular flexibility index (Phi) is 4.61. The standard InChI is InChI=1S/C19H19N3O2S/c23-17(20-16-7-3-5-13-4-1-2-6-15(13)16)8-9-18-21-19(22-24-18)14-10-11-25-12-14/h1-2,4,6,10-12,16H,3,5,7-9H2,(H,20,23)/t16-/m0/s1. The number of carbonyl (C=O) groups excluding carboxylic acids is 1. The average molecular weight is 353 g/mol. The number of benzene rings is 1. The van der Waals surface area contributed by atoms with Gasteiger partial charge < -0.3 is 9.84 Å². The maximum absolute atomic E-state index is 12.3. The molecule has 0 saturated heterocycles. The molecule has 1 aliphatic carbocycles. The smallest absolute Gasteiger partial charge is 0.227 e. The molecule has 0 spiro atoms. The molecule has 0 saturated carbocycles. The molecule has 1 aliphatic rings. The fraction of sp³-hybridized carbons (Fsp3) is 0.316. The molecule has 0 fully saturated rings. The van der Waals surface area contributed by atoms with Crippen molar-refractivity contribution < 1.29 is 9.32 Å². The van der Waals surface area contributed by atoms with Gasteiger partial charge in [0.15, 0.2) is 0 Å². The Morgan fingerprint density at radius 2 is 2.24 bits per heavy atom. The van der Waals surface area contributed by atoms with Crippen LogP contribution in [0.5, 0.6) is 0 Å². The van der Waals surface area contributed by atoms with Crippen LogP contribution in [-0.4, -0.2) is 16.0 Å². The summed E-state index contributed by atoms with van der Waals surface area (Å²) in [7, 11) is 0. The monoisotopic (exact) mass is 353 g/mol. The van der Waals surface area contributed by atoms with Gasteiger partial charge in [-0.3, -0.25) is 4.79 Å². The van der Waals surface area contributed by atoms with E-state index in [1.165, 1.54) is 11.1 Å². The van der Waals surface area contributed by atoms with E-state index in [-0.39, 0.29) is 11.9 Å². The van der Waals surface area contributed by atoms with Gasteiger partial charge in [0.2, 0.25) is 17.6 Å².